The molecule has 4 nitrogen and oxygen atoms in total. The van der Waals surface area contributed by atoms with Crippen LogP contribution < -0.4 is 5.56 Å². The third-order valence-corrected chi connectivity index (χ3v) is 1.72. The van der Waals surface area contributed by atoms with E-state index in [0.29, 0.717) is 0 Å². The van der Waals surface area contributed by atoms with Gasteiger partial charge < -0.3 is 9.72 Å². The molecule has 58 valence electrons. The largest absolute Gasteiger partial charge is 0.372 e. The zero-order valence-electron chi connectivity index (χ0n) is 5.91. The number of aromatic nitrogens is 2. The lowest BCUT2D eigenvalue weighted by Crippen LogP contribution is -2.22. The quantitative estimate of drug-likeness (QED) is 0.626. The molecule has 0 radical (unpaired) electrons. The summed E-state index contributed by atoms with van der Waals surface area (Å²) >= 11 is 0. The van der Waals surface area contributed by atoms with E-state index in [1.165, 1.54) is 6.20 Å². The fraction of sp³-hybridized carbons (Fsp3) is 0.429. The van der Waals surface area contributed by atoms with Crippen LogP contribution in [0.25, 0.3) is 0 Å². The summed E-state index contributed by atoms with van der Waals surface area (Å²) in [5.41, 5.74) is 0.613. The van der Waals surface area contributed by atoms with Gasteiger partial charge in [0.15, 0.2) is 0 Å². The lowest BCUT2D eigenvalue weighted by Gasteiger charge is -2.25. The molecule has 1 aromatic heterocycles. The van der Waals surface area contributed by atoms with Crippen LogP contribution in [0.5, 0.6) is 0 Å². The van der Waals surface area contributed by atoms with E-state index in [2.05, 4.69) is 9.97 Å². The zero-order valence-corrected chi connectivity index (χ0v) is 5.91. The average Bonchev–Trinajstić information content (AvgIpc) is 1.83. The molecule has 0 amide bonds. The number of hydrogen-bond acceptors (Lipinski definition) is 3. The predicted molar refractivity (Wildman–Crippen MR) is 38.2 cm³/mol. The van der Waals surface area contributed by atoms with Crippen molar-refractivity contribution in [1.29, 1.82) is 0 Å². The van der Waals surface area contributed by atoms with Crippen molar-refractivity contribution in [1.82, 2.24) is 9.97 Å². The summed E-state index contributed by atoms with van der Waals surface area (Å²) in [4.78, 5) is 17.2. The van der Waals surface area contributed by atoms with Crippen molar-refractivity contribution >= 4 is 0 Å². The molecule has 0 aliphatic carbocycles. The molecule has 0 bridgehead atoms. The first-order valence-electron chi connectivity index (χ1n) is 3.52. The Morgan fingerprint density at radius 1 is 1.64 bits per heavy atom. The minimum Gasteiger partial charge on any atom is -0.372 e. The van der Waals surface area contributed by atoms with Crippen molar-refractivity contribution < 1.29 is 4.74 Å². The lowest BCUT2D eigenvalue weighted by molar-refractivity contribution is -0.0555. The molecule has 2 rings (SSSR count). The molecule has 2 heterocycles. The van der Waals surface area contributed by atoms with Gasteiger partial charge in [-0.2, -0.15) is 0 Å². The number of hydrogen-bond donors (Lipinski definition) is 1. The number of rotatable bonds is 1. The van der Waals surface area contributed by atoms with Crippen LogP contribution in [0.2, 0.25) is 0 Å². The lowest BCUT2D eigenvalue weighted by atomic mass is 10.1. The fourth-order valence-corrected chi connectivity index (χ4v) is 1.04. The molecule has 0 aromatic carbocycles. The van der Waals surface area contributed by atoms with Gasteiger partial charge in [-0.05, 0) is 0 Å². The molecular formula is C7H8N2O2. The van der Waals surface area contributed by atoms with Crippen molar-refractivity contribution in [3.63, 3.8) is 0 Å². The highest BCUT2D eigenvalue weighted by atomic mass is 16.5. The molecule has 0 saturated carbocycles. The van der Waals surface area contributed by atoms with Crippen molar-refractivity contribution in [3.8, 4) is 0 Å². The Balaban J connectivity index is 2.30. The summed E-state index contributed by atoms with van der Waals surface area (Å²) in [6.07, 6.45) is 3.92. The second-order valence-electron chi connectivity index (χ2n) is 2.50. The smallest absolute Gasteiger partial charge is 0.266 e. The summed E-state index contributed by atoms with van der Waals surface area (Å²) in [6.45, 7) is 0.779. The normalized spacial score (nSPS) is 22.7. The monoisotopic (exact) mass is 152 g/mol. The Hall–Kier alpha value is -1.16. The highest BCUT2D eigenvalue weighted by Gasteiger charge is 2.20. The molecule has 1 saturated heterocycles. The van der Waals surface area contributed by atoms with E-state index in [-0.39, 0.29) is 11.7 Å². The molecule has 1 unspecified atom stereocenters. The number of H-pyrrole nitrogens is 1. The molecule has 1 fully saturated rings. The number of ether oxygens (including phenoxy) is 1. The van der Waals surface area contributed by atoms with E-state index < -0.39 is 0 Å². The summed E-state index contributed by atoms with van der Waals surface area (Å²) in [5.74, 6) is 0. The van der Waals surface area contributed by atoms with Gasteiger partial charge in [-0.15, -0.1) is 0 Å². The van der Waals surface area contributed by atoms with Gasteiger partial charge in [0.25, 0.3) is 5.56 Å². The minimum absolute atomic E-state index is 0.0661. The SMILES string of the molecule is O=c1cncc(C2CCO2)[nH]1. The van der Waals surface area contributed by atoms with Crippen molar-refractivity contribution in [2.45, 2.75) is 12.5 Å². The van der Waals surface area contributed by atoms with Gasteiger partial charge in [-0.25, -0.2) is 0 Å². The van der Waals surface area contributed by atoms with Crippen LogP contribution in [0, 0.1) is 0 Å². The first-order chi connectivity index (χ1) is 5.36. The second kappa shape index (κ2) is 2.47. The van der Waals surface area contributed by atoms with Crippen LogP contribution >= 0.6 is 0 Å². The standard InChI is InChI=1S/C7H8N2O2/c10-7-4-8-3-5(9-7)6-1-2-11-6/h3-4,6H,1-2H2,(H,9,10). The Kier molecular flexibility index (Phi) is 1.47. The van der Waals surface area contributed by atoms with E-state index in [1.807, 2.05) is 0 Å². The maximum Gasteiger partial charge on any atom is 0.266 e. The highest BCUT2D eigenvalue weighted by Crippen LogP contribution is 2.25. The van der Waals surface area contributed by atoms with E-state index in [4.69, 9.17) is 4.74 Å². The summed E-state index contributed by atoms with van der Waals surface area (Å²) < 4.78 is 5.16. The molecule has 1 aliphatic rings. The molecule has 4 heteroatoms. The highest BCUT2D eigenvalue weighted by molar-refractivity contribution is 5.01. The third kappa shape index (κ3) is 1.17. The molecule has 1 aromatic rings. The van der Waals surface area contributed by atoms with Gasteiger partial charge in [-0.3, -0.25) is 9.78 Å². The van der Waals surface area contributed by atoms with Gasteiger partial charge >= 0.3 is 0 Å². The first kappa shape index (κ1) is 6.54. The van der Waals surface area contributed by atoms with E-state index in [9.17, 15) is 4.79 Å². The van der Waals surface area contributed by atoms with Gasteiger partial charge in [0, 0.05) is 12.6 Å². The molecule has 1 aliphatic heterocycles. The number of nitrogens with zero attached hydrogens (tertiary/aromatic N) is 1. The Bertz CT molecular complexity index is 303. The van der Waals surface area contributed by atoms with E-state index in [0.717, 1.165) is 18.7 Å². The minimum atomic E-state index is -0.169. The van der Waals surface area contributed by atoms with E-state index >= 15 is 0 Å². The fourth-order valence-electron chi connectivity index (χ4n) is 1.04. The number of nitrogens with one attached hydrogen (secondary N) is 1. The van der Waals surface area contributed by atoms with Gasteiger partial charge in [0.1, 0.15) is 6.10 Å². The predicted octanol–water partition coefficient (Wildman–Crippen LogP) is 0.231. The van der Waals surface area contributed by atoms with Gasteiger partial charge in [-0.1, -0.05) is 0 Å². The van der Waals surface area contributed by atoms with E-state index in [1.54, 1.807) is 6.20 Å². The average molecular weight is 152 g/mol. The Labute approximate surface area is 63.2 Å². The topological polar surface area (TPSA) is 55.0 Å². The van der Waals surface area contributed by atoms with Crippen LogP contribution in [-0.4, -0.2) is 16.6 Å². The van der Waals surface area contributed by atoms with Crippen LogP contribution in [0.15, 0.2) is 17.2 Å². The summed E-state index contributed by atoms with van der Waals surface area (Å²) in [7, 11) is 0. The molecule has 1 atom stereocenters. The van der Waals surface area contributed by atoms with Gasteiger partial charge in [0.05, 0.1) is 18.5 Å². The third-order valence-electron chi connectivity index (χ3n) is 1.72. The van der Waals surface area contributed by atoms with Crippen molar-refractivity contribution in [2.75, 3.05) is 6.61 Å². The molecular weight excluding hydrogens is 144 g/mol. The van der Waals surface area contributed by atoms with Crippen LogP contribution in [0.3, 0.4) is 0 Å². The van der Waals surface area contributed by atoms with Gasteiger partial charge in [0.2, 0.25) is 0 Å². The summed E-state index contributed by atoms with van der Waals surface area (Å²) in [5, 5.41) is 0. The Morgan fingerprint density at radius 2 is 2.45 bits per heavy atom. The number of aromatic amines is 1. The summed E-state index contributed by atoms with van der Waals surface area (Å²) in [6, 6.07) is 0. The second-order valence-corrected chi connectivity index (χ2v) is 2.50. The zero-order chi connectivity index (χ0) is 7.68. The Morgan fingerprint density at radius 3 is 3.00 bits per heavy atom. The molecule has 0 spiro atoms. The van der Waals surface area contributed by atoms with Crippen LogP contribution in [0.4, 0.5) is 0 Å². The maximum absolute atomic E-state index is 10.8. The van der Waals surface area contributed by atoms with Crippen LogP contribution in [-0.2, 0) is 4.74 Å². The molecule has 11 heavy (non-hydrogen) atoms. The first-order valence-corrected chi connectivity index (χ1v) is 3.52. The molecule has 1 N–H and O–H groups in total. The van der Waals surface area contributed by atoms with Crippen LogP contribution in [0.1, 0.15) is 18.2 Å². The maximum atomic E-state index is 10.8. The van der Waals surface area contributed by atoms with Crippen molar-refractivity contribution in [3.05, 3.63) is 28.4 Å². The van der Waals surface area contributed by atoms with Crippen molar-refractivity contribution in [2.24, 2.45) is 0 Å².